The van der Waals surface area contributed by atoms with Gasteiger partial charge < -0.3 is 9.64 Å². The van der Waals surface area contributed by atoms with Gasteiger partial charge in [0.25, 0.3) is 0 Å². The van der Waals surface area contributed by atoms with Crippen LogP contribution in [0.25, 0.3) is 22.4 Å². The molecule has 0 amide bonds. The van der Waals surface area contributed by atoms with Crippen LogP contribution in [0.2, 0.25) is 0 Å². The van der Waals surface area contributed by atoms with Crippen molar-refractivity contribution in [2.45, 2.75) is 0 Å². The van der Waals surface area contributed by atoms with Gasteiger partial charge in [-0.25, -0.2) is 9.97 Å². The standard InChI is InChI=1S/C22H20N4O/c1-26(15-16-27-17-9-3-2-4-10-17)22-18-11-5-6-12-19(18)24-21(25-22)20-13-7-8-14-23-20/h2-14H,15-16H2,1H3. The van der Waals surface area contributed by atoms with E-state index in [0.717, 1.165) is 28.2 Å². The van der Waals surface area contributed by atoms with Crippen molar-refractivity contribution in [3.63, 3.8) is 0 Å². The molecule has 0 saturated carbocycles. The van der Waals surface area contributed by atoms with Crippen LogP contribution in [-0.4, -0.2) is 35.2 Å². The molecule has 2 heterocycles. The highest BCUT2D eigenvalue weighted by atomic mass is 16.5. The molecule has 0 saturated heterocycles. The summed E-state index contributed by atoms with van der Waals surface area (Å²) in [4.78, 5) is 16.0. The lowest BCUT2D eigenvalue weighted by Crippen LogP contribution is -2.25. The van der Waals surface area contributed by atoms with Crippen LogP contribution in [0.5, 0.6) is 5.75 Å². The van der Waals surface area contributed by atoms with Crippen molar-refractivity contribution in [1.29, 1.82) is 0 Å². The van der Waals surface area contributed by atoms with Crippen LogP contribution < -0.4 is 9.64 Å². The fourth-order valence-electron chi connectivity index (χ4n) is 2.88. The Morgan fingerprint density at radius 3 is 2.44 bits per heavy atom. The summed E-state index contributed by atoms with van der Waals surface area (Å²) in [5, 5.41) is 1.01. The fraction of sp³-hybridized carbons (Fsp3) is 0.136. The average Bonchev–Trinajstić information content (AvgIpc) is 2.74. The number of fused-ring (bicyclic) bond motifs is 1. The van der Waals surface area contributed by atoms with E-state index in [0.29, 0.717) is 19.0 Å². The lowest BCUT2D eigenvalue weighted by atomic mass is 10.2. The molecule has 0 fully saturated rings. The van der Waals surface area contributed by atoms with Gasteiger partial charge in [-0.05, 0) is 36.4 Å². The largest absolute Gasteiger partial charge is 0.492 e. The van der Waals surface area contributed by atoms with Gasteiger partial charge in [-0.3, -0.25) is 4.98 Å². The smallest absolute Gasteiger partial charge is 0.180 e. The van der Waals surface area contributed by atoms with Crippen molar-refractivity contribution >= 4 is 16.7 Å². The molecule has 5 heteroatoms. The normalized spacial score (nSPS) is 10.7. The van der Waals surface area contributed by atoms with Crippen molar-refractivity contribution in [2.75, 3.05) is 25.1 Å². The minimum absolute atomic E-state index is 0.567. The molecule has 0 aliphatic carbocycles. The number of anilines is 1. The molecule has 4 rings (SSSR count). The summed E-state index contributed by atoms with van der Waals surface area (Å²) in [5.74, 6) is 2.37. The van der Waals surface area contributed by atoms with E-state index in [-0.39, 0.29) is 0 Å². The Bertz CT molecular complexity index is 1020. The highest BCUT2D eigenvalue weighted by molar-refractivity contribution is 5.90. The second kappa shape index (κ2) is 7.83. The first-order valence-electron chi connectivity index (χ1n) is 8.88. The van der Waals surface area contributed by atoms with Gasteiger partial charge in [0.1, 0.15) is 23.9 Å². The minimum atomic E-state index is 0.567. The van der Waals surface area contributed by atoms with Crippen molar-refractivity contribution in [2.24, 2.45) is 0 Å². The molecular formula is C22H20N4O. The highest BCUT2D eigenvalue weighted by Gasteiger charge is 2.13. The minimum Gasteiger partial charge on any atom is -0.492 e. The Kier molecular flexibility index (Phi) is 4.92. The molecule has 134 valence electrons. The summed E-state index contributed by atoms with van der Waals surface area (Å²) >= 11 is 0. The maximum atomic E-state index is 5.83. The molecule has 0 radical (unpaired) electrons. The lowest BCUT2D eigenvalue weighted by Gasteiger charge is -2.20. The summed E-state index contributed by atoms with van der Waals surface area (Å²) < 4.78 is 5.83. The Balaban J connectivity index is 1.61. The summed E-state index contributed by atoms with van der Waals surface area (Å²) in [6.45, 7) is 1.27. The van der Waals surface area contributed by atoms with Crippen LogP contribution in [0.1, 0.15) is 0 Å². The number of benzene rings is 2. The van der Waals surface area contributed by atoms with Gasteiger partial charge in [0, 0.05) is 18.6 Å². The monoisotopic (exact) mass is 356 g/mol. The maximum Gasteiger partial charge on any atom is 0.180 e. The molecule has 0 atom stereocenters. The molecule has 2 aromatic heterocycles. The first kappa shape index (κ1) is 17.0. The number of ether oxygens (including phenoxy) is 1. The van der Waals surface area contributed by atoms with E-state index in [1.165, 1.54) is 0 Å². The van der Waals surface area contributed by atoms with Crippen molar-refractivity contribution in [3.8, 4) is 17.3 Å². The third-order valence-electron chi connectivity index (χ3n) is 4.28. The van der Waals surface area contributed by atoms with Gasteiger partial charge in [-0.15, -0.1) is 0 Å². The third-order valence-corrected chi connectivity index (χ3v) is 4.28. The van der Waals surface area contributed by atoms with Crippen LogP contribution in [0.4, 0.5) is 5.82 Å². The zero-order chi connectivity index (χ0) is 18.5. The summed E-state index contributed by atoms with van der Waals surface area (Å²) in [6, 6.07) is 23.6. The molecule has 0 bridgehead atoms. The van der Waals surface area contributed by atoms with E-state index in [9.17, 15) is 0 Å². The highest BCUT2D eigenvalue weighted by Crippen LogP contribution is 2.26. The van der Waals surface area contributed by atoms with Gasteiger partial charge in [0.05, 0.1) is 12.1 Å². The number of para-hydroxylation sites is 2. The Morgan fingerprint density at radius 2 is 1.63 bits per heavy atom. The average molecular weight is 356 g/mol. The number of hydrogen-bond acceptors (Lipinski definition) is 5. The number of likely N-dealkylation sites (N-methyl/N-ethyl adjacent to an activating group) is 1. The van der Waals surface area contributed by atoms with Crippen molar-refractivity contribution in [1.82, 2.24) is 15.0 Å². The quantitative estimate of drug-likeness (QED) is 0.518. The summed E-state index contributed by atoms with van der Waals surface area (Å²) in [6.07, 6.45) is 1.75. The van der Waals surface area contributed by atoms with E-state index in [1.807, 2.05) is 79.8 Å². The summed E-state index contributed by atoms with van der Waals surface area (Å²) in [5.41, 5.74) is 1.66. The predicted molar refractivity (Wildman–Crippen MR) is 108 cm³/mol. The first-order valence-corrected chi connectivity index (χ1v) is 8.88. The molecular weight excluding hydrogens is 336 g/mol. The van der Waals surface area contributed by atoms with Gasteiger partial charge >= 0.3 is 0 Å². The third kappa shape index (κ3) is 3.87. The van der Waals surface area contributed by atoms with Crippen LogP contribution in [0.15, 0.2) is 79.0 Å². The molecule has 0 N–H and O–H groups in total. The lowest BCUT2D eigenvalue weighted by molar-refractivity contribution is 0.326. The molecule has 27 heavy (non-hydrogen) atoms. The maximum absolute atomic E-state index is 5.83. The molecule has 5 nitrogen and oxygen atoms in total. The topological polar surface area (TPSA) is 51.1 Å². The second-order valence-corrected chi connectivity index (χ2v) is 6.19. The Hall–Kier alpha value is -3.47. The van der Waals surface area contributed by atoms with Crippen molar-refractivity contribution in [3.05, 3.63) is 79.0 Å². The second-order valence-electron chi connectivity index (χ2n) is 6.19. The van der Waals surface area contributed by atoms with Gasteiger partial charge in [0.2, 0.25) is 0 Å². The number of aromatic nitrogens is 3. The molecule has 0 spiro atoms. The molecule has 0 aliphatic rings. The van der Waals surface area contributed by atoms with Crippen LogP contribution in [-0.2, 0) is 0 Å². The Labute approximate surface area is 158 Å². The van der Waals surface area contributed by atoms with Gasteiger partial charge in [-0.2, -0.15) is 0 Å². The number of hydrogen-bond donors (Lipinski definition) is 0. The van der Waals surface area contributed by atoms with E-state index >= 15 is 0 Å². The SMILES string of the molecule is CN(CCOc1ccccc1)c1nc(-c2ccccn2)nc2ccccc12. The Morgan fingerprint density at radius 1 is 0.852 bits per heavy atom. The molecule has 2 aromatic carbocycles. The molecule has 0 aliphatic heterocycles. The van der Waals surface area contributed by atoms with Crippen LogP contribution in [0.3, 0.4) is 0 Å². The summed E-state index contributed by atoms with van der Waals surface area (Å²) in [7, 11) is 2.02. The number of nitrogens with zero attached hydrogens (tertiary/aromatic N) is 4. The first-order chi connectivity index (χ1) is 13.3. The number of rotatable bonds is 6. The van der Waals surface area contributed by atoms with Crippen LogP contribution >= 0.6 is 0 Å². The van der Waals surface area contributed by atoms with Gasteiger partial charge in [-0.1, -0.05) is 36.4 Å². The van der Waals surface area contributed by atoms with Gasteiger partial charge in [0.15, 0.2) is 5.82 Å². The van der Waals surface area contributed by atoms with E-state index in [1.54, 1.807) is 6.20 Å². The van der Waals surface area contributed by atoms with Crippen LogP contribution in [0, 0.1) is 0 Å². The van der Waals surface area contributed by atoms with Crippen molar-refractivity contribution < 1.29 is 4.74 Å². The van der Waals surface area contributed by atoms with E-state index < -0.39 is 0 Å². The van der Waals surface area contributed by atoms with E-state index in [2.05, 4.69) is 14.9 Å². The van der Waals surface area contributed by atoms with E-state index in [4.69, 9.17) is 9.72 Å². The zero-order valence-corrected chi connectivity index (χ0v) is 15.1. The fourth-order valence-corrected chi connectivity index (χ4v) is 2.88. The number of pyridine rings is 1. The zero-order valence-electron chi connectivity index (χ0n) is 15.1. The molecule has 0 unspecified atom stereocenters. The predicted octanol–water partition coefficient (Wildman–Crippen LogP) is 4.21. The molecule has 4 aromatic rings.